The first-order valence-corrected chi connectivity index (χ1v) is 9.07. The number of thioether (sulfide) groups is 1. The van der Waals surface area contributed by atoms with Crippen molar-refractivity contribution in [3.8, 4) is 5.75 Å². The van der Waals surface area contributed by atoms with Gasteiger partial charge < -0.3 is 4.74 Å². The van der Waals surface area contributed by atoms with Crippen molar-refractivity contribution in [1.29, 1.82) is 0 Å². The Morgan fingerprint density at radius 2 is 1.79 bits per heavy atom. The molecule has 2 aromatic rings. The lowest BCUT2D eigenvalue weighted by Gasteiger charge is -2.08. The van der Waals surface area contributed by atoms with Gasteiger partial charge in [-0.25, -0.2) is 0 Å². The number of hydrogen-bond donors (Lipinski definition) is 2. The van der Waals surface area contributed by atoms with Crippen LogP contribution in [-0.4, -0.2) is 24.2 Å². The molecule has 2 amide bonds. The maximum Gasteiger partial charge on any atom is 0.270 e. The smallest absolute Gasteiger partial charge is 0.270 e. The molecule has 2 aromatic carbocycles. The summed E-state index contributed by atoms with van der Waals surface area (Å²) in [5.41, 5.74) is 5.26. The first-order chi connectivity index (χ1) is 11.6. The molecule has 24 heavy (non-hydrogen) atoms. The fraction of sp³-hybridized carbons (Fsp3) is 0.176. The third-order valence-corrected chi connectivity index (χ3v) is 4.64. The van der Waals surface area contributed by atoms with Gasteiger partial charge in [0.05, 0.1) is 17.9 Å². The van der Waals surface area contributed by atoms with Crippen molar-refractivity contribution in [3.05, 3.63) is 58.6 Å². The van der Waals surface area contributed by atoms with Crippen LogP contribution in [0.25, 0.3) is 0 Å². The van der Waals surface area contributed by atoms with Crippen molar-refractivity contribution in [1.82, 2.24) is 10.9 Å². The molecule has 0 fully saturated rings. The zero-order valence-corrected chi connectivity index (χ0v) is 15.4. The molecule has 0 bridgehead atoms. The van der Waals surface area contributed by atoms with Gasteiger partial charge in [-0.3, -0.25) is 20.4 Å². The molecule has 0 aliphatic heterocycles. The molecule has 0 aromatic heterocycles. The maximum absolute atomic E-state index is 12.0. The molecule has 0 spiro atoms. The van der Waals surface area contributed by atoms with Crippen molar-refractivity contribution < 1.29 is 14.3 Å². The van der Waals surface area contributed by atoms with Crippen LogP contribution in [0.2, 0.25) is 0 Å². The van der Waals surface area contributed by atoms with Crippen molar-refractivity contribution in [2.24, 2.45) is 0 Å². The van der Waals surface area contributed by atoms with Gasteiger partial charge in [0.15, 0.2) is 0 Å². The molecule has 0 saturated carbocycles. The van der Waals surface area contributed by atoms with E-state index in [1.165, 1.54) is 11.8 Å². The third-order valence-electron chi connectivity index (χ3n) is 2.94. The van der Waals surface area contributed by atoms with E-state index >= 15 is 0 Å². The summed E-state index contributed by atoms with van der Waals surface area (Å²) in [6.07, 6.45) is 0. The van der Waals surface area contributed by atoms with Crippen LogP contribution in [0.1, 0.15) is 17.3 Å². The first-order valence-electron chi connectivity index (χ1n) is 7.29. The topological polar surface area (TPSA) is 67.4 Å². The quantitative estimate of drug-likeness (QED) is 0.567. The van der Waals surface area contributed by atoms with Crippen LogP contribution >= 0.6 is 27.7 Å². The predicted octanol–water partition coefficient (Wildman–Crippen LogP) is 3.40. The van der Waals surface area contributed by atoms with Gasteiger partial charge in [-0.15, -0.1) is 11.8 Å². The van der Waals surface area contributed by atoms with Crippen LogP contribution in [0.15, 0.2) is 57.9 Å². The number of carbonyl (C=O) groups excluding carboxylic acids is 2. The highest BCUT2D eigenvalue weighted by Crippen LogP contribution is 2.21. The molecule has 2 N–H and O–H groups in total. The van der Waals surface area contributed by atoms with Crippen molar-refractivity contribution >= 4 is 39.5 Å². The SMILES string of the molecule is CCOc1ccc(SCC(=O)NNC(=O)c2ccccc2Br)cc1. The van der Waals surface area contributed by atoms with E-state index in [0.717, 1.165) is 10.6 Å². The van der Waals surface area contributed by atoms with Crippen molar-refractivity contribution in [3.63, 3.8) is 0 Å². The molecule has 0 aliphatic carbocycles. The van der Waals surface area contributed by atoms with E-state index in [0.29, 0.717) is 16.6 Å². The van der Waals surface area contributed by atoms with Crippen LogP contribution in [0.4, 0.5) is 0 Å². The zero-order chi connectivity index (χ0) is 17.4. The largest absolute Gasteiger partial charge is 0.494 e. The number of nitrogens with one attached hydrogen (secondary N) is 2. The number of hydrogen-bond acceptors (Lipinski definition) is 4. The molecular formula is C17H17BrN2O3S. The molecule has 7 heteroatoms. The molecule has 5 nitrogen and oxygen atoms in total. The van der Waals surface area contributed by atoms with Gasteiger partial charge in [0.1, 0.15) is 5.75 Å². The lowest BCUT2D eigenvalue weighted by atomic mass is 10.2. The van der Waals surface area contributed by atoms with E-state index in [1.807, 2.05) is 37.3 Å². The van der Waals surface area contributed by atoms with Crippen LogP contribution < -0.4 is 15.6 Å². The molecule has 126 valence electrons. The summed E-state index contributed by atoms with van der Waals surface area (Å²) in [7, 11) is 0. The number of hydrazine groups is 1. The average molecular weight is 409 g/mol. The number of carbonyl (C=O) groups is 2. The molecule has 0 saturated heterocycles. The Hall–Kier alpha value is -1.99. The lowest BCUT2D eigenvalue weighted by molar-refractivity contribution is -0.119. The van der Waals surface area contributed by atoms with Crippen LogP contribution in [0.5, 0.6) is 5.75 Å². The molecule has 0 radical (unpaired) electrons. The Morgan fingerprint density at radius 1 is 1.08 bits per heavy atom. The van der Waals surface area contributed by atoms with E-state index in [2.05, 4.69) is 26.8 Å². The number of ether oxygens (including phenoxy) is 1. The Morgan fingerprint density at radius 3 is 2.46 bits per heavy atom. The maximum atomic E-state index is 12.0. The second-order valence-electron chi connectivity index (χ2n) is 4.68. The van der Waals surface area contributed by atoms with Gasteiger partial charge in [0.25, 0.3) is 5.91 Å². The summed E-state index contributed by atoms with van der Waals surface area (Å²) in [5.74, 6) is 0.340. The average Bonchev–Trinajstić information content (AvgIpc) is 2.60. The van der Waals surface area contributed by atoms with Gasteiger partial charge in [-0.05, 0) is 59.3 Å². The van der Waals surface area contributed by atoms with E-state index in [9.17, 15) is 9.59 Å². The summed E-state index contributed by atoms with van der Waals surface area (Å²) in [6.45, 7) is 2.54. The van der Waals surface area contributed by atoms with Gasteiger partial charge in [0, 0.05) is 9.37 Å². The second kappa shape index (κ2) is 9.34. The lowest BCUT2D eigenvalue weighted by Crippen LogP contribution is -2.42. The van der Waals surface area contributed by atoms with Crippen LogP contribution in [0.3, 0.4) is 0 Å². The van der Waals surface area contributed by atoms with Crippen LogP contribution in [-0.2, 0) is 4.79 Å². The van der Waals surface area contributed by atoms with Gasteiger partial charge in [-0.2, -0.15) is 0 Å². The number of amides is 2. The van der Waals surface area contributed by atoms with Gasteiger partial charge in [0.2, 0.25) is 5.91 Å². The van der Waals surface area contributed by atoms with Crippen LogP contribution in [0, 0.1) is 0 Å². The molecule has 0 aliphatic rings. The first kappa shape index (κ1) is 18.4. The fourth-order valence-corrected chi connectivity index (χ4v) is 2.99. The highest BCUT2D eigenvalue weighted by molar-refractivity contribution is 9.10. The molecule has 0 unspecified atom stereocenters. The van der Waals surface area contributed by atoms with Crippen molar-refractivity contribution in [2.75, 3.05) is 12.4 Å². The highest BCUT2D eigenvalue weighted by Gasteiger charge is 2.10. The standard InChI is InChI=1S/C17H17BrN2O3S/c1-2-23-12-7-9-13(10-8-12)24-11-16(21)19-20-17(22)14-5-3-4-6-15(14)18/h3-10H,2,11H2,1H3,(H,19,21)(H,20,22). The Balaban J connectivity index is 1.77. The monoisotopic (exact) mass is 408 g/mol. The Kier molecular flexibility index (Phi) is 7.14. The molecule has 0 atom stereocenters. The molecule has 0 heterocycles. The zero-order valence-electron chi connectivity index (χ0n) is 13.0. The van der Waals surface area contributed by atoms with E-state index in [4.69, 9.17) is 4.74 Å². The van der Waals surface area contributed by atoms with E-state index in [-0.39, 0.29) is 17.6 Å². The second-order valence-corrected chi connectivity index (χ2v) is 6.58. The fourth-order valence-electron chi connectivity index (χ4n) is 1.82. The minimum atomic E-state index is -0.373. The predicted molar refractivity (Wildman–Crippen MR) is 98.1 cm³/mol. The summed E-state index contributed by atoms with van der Waals surface area (Å²) in [5, 5.41) is 0. The summed E-state index contributed by atoms with van der Waals surface area (Å²) < 4.78 is 6.03. The summed E-state index contributed by atoms with van der Waals surface area (Å²) >= 11 is 4.67. The van der Waals surface area contributed by atoms with E-state index < -0.39 is 0 Å². The highest BCUT2D eigenvalue weighted by atomic mass is 79.9. The number of benzene rings is 2. The summed E-state index contributed by atoms with van der Waals surface area (Å²) in [6, 6.07) is 14.5. The minimum absolute atomic E-state index is 0.199. The molecular weight excluding hydrogens is 392 g/mol. The van der Waals surface area contributed by atoms with Gasteiger partial charge in [-0.1, -0.05) is 12.1 Å². The summed E-state index contributed by atoms with van der Waals surface area (Å²) in [4.78, 5) is 24.7. The third kappa shape index (κ3) is 5.58. The Bertz CT molecular complexity index is 707. The van der Waals surface area contributed by atoms with Crippen molar-refractivity contribution in [2.45, 2.75) is 11.8 Å². The number of halogens is 1. The molecule has 2 rings (SSSR count). The van der Waals surface area contributed by atoms with Gasteiger partial charge >= 0.3 is 0 Å². The van der Waals surface area contributed by atoms with E-state index in [1.54, 1.807) is 18.2 Å². The Labute approximate surface area is 153 Å². The minimum Gasteiger partial charge on any atom is -0.494 e. The normalized spacial score (nSPS) is 10.1. The number of rotatable bonds is 6.